The van der Waals surface area contributed by atoms with Crippen LogP contribution >= 0.6 is 0 Å². The van der Waals surface area contributed by atoms with Crippen LogP contribution in [0, 0.1) is 23.7 Å². The van der Waals surface area contributed by atoms with E-state index in [4.69, 9.17) is 52.1 Å². The Morgan fingerprint density at radius 3 is 2.28 bits per heavy atom. The van der Waals surface area contributed by atoms with Gasteiger partial charge in [0.1, 0.15) is 48.6 Å². The fourth-order valence-corrected chi connectivity index (χ4v) is 12.2. The molecule has 20 atom stereocenters. The minimum atomic E-state index is -1.85. The van der Waals surface area contributed by atoms with E-state index in [1.165, 1.54) is 0 Å². The predicted octanol–water partition coefficient (Wildman–Crippen LogP) is 6.41. The Morgan fingerprint density at radius 1 is 0.887 bits per heavy atom. The summed E-state index contributed by atoms with van der Waals surface area (Å²) in [7, 11) is 3.30. The molecular weight excluding hydrogens is 915 g/mol. The highest BCUT2D eigenvalue weighted by Crippen LogP contribution is 2.47. The molecular formula is C55H83NO15. The number of hydrogen-bond acceptors (Lipinski definition) is 15. The molecule has 2 N–H and O–H groups in total. The first kappa shape index (κ1) is 54.4. The number of amides is 1. The lowest BCUT2D eigenvalue weighted by molar-refractivity contribution is -0.320. The van der Waals surface area contributed by atoms with Crippen LogP contribution in [0.4, 0.5) is 0 Å². The number of piperidine rings is 1. The first-order valence-corrected chi connectivity index (χ1v) is 26.5. The van der Waals surface area contributed by atoms with Crippen molar-refractivity contribution < 1.29 is 71.9 Å². The van der Waals surface area contributed by atoms with Crippen LogP contribution in [0.1, 0.15) is 113 Å². The summed E-state index contributed by atoms with van der Waals surface area (Å²) in [5, 5.41) is 23.9. The van der Waals surface area contributed by atoms with Crippen molar-refractivity contribution in [2.24, 2.45) is 23.7 Å². The fraction of sp³-hybridized carbons (Fsp3) is 0.782. The second kappa shape index (κ2) is 23.4. The zero-order valence-electron chi connectivity index (χ0n) is 43.8. The number of nitrogens with zero attached hydrogens (tertiary/aromatic N) is 1. The maximum Gasteiger partial charge on any atom is 0.316 e. The number of allylic oxidation sites excluding steroid dienone is 2. The normalized spacial score (nSPS) is 45.7. The third-order valence-electron chi connectivity index (χ3n) is 16.6. The van der Waals surface area contributed by atoms with E-state index in [-0.39, 0.29) is 55.5 Å². The highest BCUT2D eigenvalue weighted by Gasteiger charge is 2.60. The number of rotatable bonds is 11. The Hall–Kier alpha value is -2.84. The minimum Gasteiger partial charge on any atom is -0.462 e. The number of fused-ring (bicyclic) bond motifs is 2. The Bertz CT molecular complexity index is 2000. The number of esters is 1. The molecule has 16 heteroatoms. The van der Waals surface area contributed by atoms with Crippen molar-refractivity contribution in [2.75, 3.05) is 40.5 Å². The molecule has 0 aromatic heterocycles. The molecule has 0 radical (unpaired) electrons. The molecule has 71 heavy (non-hydrogen) atoms. The van der Waals surface area contributed by atoms with E-state index in [0.29, 0.717) is 36.8 Å². The first-order chi connectivity index (χ1) is 34.0. The van der Waals surface area contributed by atoms with Crippen molar-refractivity contribution in [3.8, 4) is 0 Å². The van der Waals surface area contributed by atoms with Gasteiger partial charge in [0.15, 0.2) is 18.4 Å². The maximum absolute atomic E-state index is 14.4. The molecule has 16 nitrogen and oxygen atoms in total. The Labute approximate surface area is 421 Å². The van der Waals surface area contributed by atoms with Gasteiger partial charge in [0, 0.05) is 64.8 Å². The molecule has 398 valence electrons. The number of hydrogen-bond donors (Lipinski definition) is 2. The Morgan fingerprint density at radius 2 is 1.58 bits per heavy atom. The van der Waals surface area contributed by atoms with Crippen LogP contribution in [0.15, 0.2) is 59.3 Å². The van der Waals surface area contributed by atoms with Gasteiger partial charge in [0.05, 0.1) is 49.3 Å². The number of methoxy groups -OCH3 is 2. The van der Waals surface area contributed by atoms with Gasteiger partial charge in [-0.1, -0.05) is 70.6 Å². The molecule has 8 aliphatic rings. The highest BCUT2D eigenvalue weighted by molar-refractivity contribution is 5.79. The van der Waals surface area contributed by atoms with Gasteiger partial charge in [-0.2, -0.15) is 0 Å². The highest BCUT2D eigenvalue weighted by atomic mass is 16.7. The molecule has 1 aliphatic carbocycles. The lowest BCUT2D eigenvalue weighted by atomic mass is 9.71. The zero-order valence-corrected chi connectivity index (χ0v) is 43.8. The molecule has 8 rings (SSSR count). The van der Waals surface area contributed by atoms with E-state index in [0.717, 1.165) is 44.3 Å². The summed E-state index contributed by atoms with van der Waals surface area (Å²) in [5.41, 5.74) is 0.113. The van der Waals surface area contributed by atoms with Crippen LogP contribution in [-0.2, 0) is 61.7 Å². The van der Waals surface area contributed by atoms with Gasteiger partial charge in [-0.3, -0.25) is 9.59 Å². The fourth-order valence-electron chi connectivity index (χ4n) is 12.2. The van der Waals surface area contributed by atoms with Gasteiger partial charge >= 0.3 is 5.97 Å². The first-order valence-electron chi connectivity index (χ1n) is 26.5. The van der Waals surface area contributed by atoms with E-state index < -0.39 is 96.9 Å². The summed E-state index contributed by atoms with van der Waals surface area (Å²) in [6.07, 6.45) is 12.0. The molecule has 1 amide bonds. The second-order valence-corrected chi connectivity index (χ2v) is 21.7. The summed E-state index contributed by atoms with van der Waals surface area (Å²) >= 11 is 0. The summed E-state index contributed by atoms with van der Waals surface area (Å²) in [6.45, 7) is 17.7. The van der Waals surface area contributed by atoms with Crippen LogP contribution in [0.25, 0.3) is 0 Å². The van der Waals surface area contributed by atoms with Gasteiger partial charge in [-0.15, -0.1) is 0 Å². The molecule has 5 saturated heterocycles. The predicted molar refractivity (Wildman–Crippen MR) is 261 cm³/mol. The van der Waals surface area contributed by atoms with Crippen molar-refractivity contribution in [3.63, 3.8) is 0 Å². The van der Waals surface area contributed by atoms with Crippen LogP contribution in [-0.4, -0.2) is 165 Å². The SMILES string of the molecule is CCC(C)[C@H]1O[C@]2(C=C[C@@H]1C)C[C@@H]1C[C@@H](C/C=C(\C)[C@@H](OC3C[C@H](OC)[C@@H](OC4C[C@H](OC)C(OCC(=O)N5CCCCC5)[C@H](C)O4)[C@H](C)O3)[C@@H](C)/C=C/C=C3\CO[C@@H]4[C@H](O)C(C)=C[C@@H](C(=O)O1)[C@]34O)O2. The molecule has 5 fully saturated rings. The van der Waals surface area contributed by atoms with Crippen LogP contribution in [0.5, 0.6) is 0 Å². The summed E-state index contributed by atoms with van der Waals surface area (Å²) in [4.78, 5) is 29.2. The summed E-state index contributed by atoms with van der Waals surface area (Å²) in [5.74, 6) is -2.63. The van der Waals surface area contributed by atoms with Gasteiger partial charge < -0.3 is 67.2 Å². The smallest absolute Gasteiger partial charge is 0.316 e. The van der Waals surface area contributed by atoms with Crippen LogP contribution in [0.2, 0.25) is 0 Å². The quantitative estimate of drug-likeness (QED) is 0.171. The van der Waals surface area contributed by atoms with Gasteiger partial charge in [-0.05, 0) is 82.1 Å². The number of carbonyl (C=O) groups excluding carboxylic acids is 2. The molecule has 0 saturated carbocycles. The third-order valence-corrected chi connectivity index (χ3v) is 16.6. The number of aliphatic hydroxyl groups excluding tert-OH is 1. The molecule has 1 spiro atoms. The number of likely N-dealkylation sites (tertiary alicyclic amines) is 1. The maximum atomic E-state index is 14.4. The Balaban J connectivity index is 1.01. The average molecular weight is 998 g/mol. The average Bonchev–Trinajstić information content (AvgIpc) is 3.70. The molecule has 2 bridgehead atoms. The monoisotopic (exact) mass is 998 g/mol. The minimum absolute atomic E-state index is 0.0109. The van der Waals surface area contributed by atoms with E-state index >= 15 is 0 Å². The van der Waals surface area contributed by atoms with Crippen LogP contribution < -0.4 is 0 Å². The van der Waals surface area contributed by atoms with E-state index in [2.05, 4.69) is 39.8 Å². The largest absolute Gasteiger partial charge is 0.462 e. The van der Waals surface area contributed by atoms with Crippen molar-refractivity contribution in [1.82, 2.24) is 4.90 Å². The van der Waals surface area contributed by atoms with Gasteiger partial charge in [-0.25, -0.2) is 0 Å². The molecule has 0 aromatic carbocycles. The van der Waals surface area contributed by atoms with Crippen molar-refractivity contribution in [1.29, 1.82) is 0 Å². The Kier molecular flexibility index (Phi) is 17.9. The molecule has 4 unspecified atom stereocenters. The van der Waals surface area contributed by atoms with Crippen LogP contribution in [0.3, 0.4) is 0 Å². The number of carbonyl (C=O) groups is 2. The topological polar surface area (TPSA) is 179 Å². The zero-order chi connectivity index (χ0) is 50.8. The lowest BCUT2D eigenvalue weighted by Gasteiger charge is -2.48. The number of aliphatic hydroxyl groups is 2. The van der Waals surface area contributed by atoms with Crippen molar-refractivity contribution >= 4 is 11.9 Å². The van der Waals surface area contributed by atoms with Gasteiger partial charge in [0.2, 0.25) is 5.91 Å². The van der Waals surface area contributed by atoms with E-state index in [1.807, 2.05) is 43.9 Å². The summed E-state index contributed by atoms with van der Waals surface area (Å²) < 4.78 is 71.2. The molecule has 7 aliphatic heterocycles. The van der Waals surface area contributed by atoms with Crippen molar-refractivity contribution in [2.45, 2.75) is 210 Å². The third kappa shape index (κ3) is 11.8. The molecule has 0 aromatic rings. The lowest BCUT2D eigenvalue weighted by Crippen LogP contribution is -2.58. The second-order valence-electron chi connectivity index (χ2n) is 21.7. The van der Waals surface area contributed by atoms with E-state index in [9.17, 15) is 19.8 Å². The van der Waals surface area contributed by atoms with E-state index in [1.54, 1.807) is 33.3 Å². The standard InChI is InChI=1S/C55H83NO15/c1-11-31(2)49-34(5)20-21-54(71-49)28-40-25-39(70-54)19-18-33(4)48(32(3)16-15-17-38-29-64-52-47(58)35(6)24-41(53(59)67-40)55(38,52)60)68-45-27-43(62-10)51(37(8)66-45)69-46-26-42(61-9)50(36(7)65-46)63-30-44(57)56-22-13-12-14-23-56/h15-18,20-21,24,31-32,34,36-37,39-43,45-52,58,60H,11-14,19,22-23,25-30H2,1-10H3/b16-15+,33-18+,38-17+/t31?,32-,34-,36-,37-,39+,40-,41-,42-,43-,45?,46?,47+,48-,49+,50?,51-,52+,54+,55+/m0/s1. The number of ether oxygens (including phenoxy) is 11. The summed E-state index contributed by atoms with van der Waals surface area (Å²) in [6, 6.07) is 0. The van der Waals surface area contributed by atoms with Gasteiger partial charge in [0.25, 0.3) is 0 Å². The molecule has 7 heterocycles. The van der Waals surface area contributed by atoms with Crippen molar-refractivity contribution in [3.05, 3.63) is 59.3 Å².